The quantitative estimate of drug-likeness (QED) is 0.558. The van der Waals surface area contributed by atoms with E-state index in [2.05, 4.69) is 4.90 Å². The lowest BCUT2D eigenvalue weighted by Gasteiger charge is -2.49. The van der Waals surface area contributed by atoms with Crippen LogP contribution < -0.4 is 4.90 Å². The maximum atomic E-state index is 13.1. The highest BCUT2D eigenvalue weighted by Gasteiger charge is 2.32. The number of fused-ring (bicyclic) bond motifs is 2. The minimum Gasteiger partial charge on any atom is -0.633 e. The summed E-state index contributed by atoms with van der Waals surface area (Å²) in [6.07, 6.45) is 5.49. The van der Waals surface area contributed by atoms with Crippen LogP contribution in [0.5, 0.6) is 0 Å². The molecule has 150 valence electrons. The lowest BCUT2D eigenvalue weighted by Crippen LogP contribution is -2.51. The molecule has 7 heteroatoms. The Bertz CT molecular complexity index is 945. The number of hydrogen-bond donors (Lipinski definition) is 0. The Morgan fingerprint density at radius 1 is 1.18 bits per heavy atom. The minimum absolute atomic E-state index is 0.0836. The lowest BCUT2D eigenvalue weighted by molar-refractivity contribution is -0.892. The molecule has 4 unspecified atom stereocenters. The van der Waals surface area contributed by atoms with E-state index in [1.807, 2.05) is 36.4 Å². The van der Waals surface area contributed by atoms with Gasteiger partial charge in [-0.05, 0) is 49.6 Å². The summed E-state index contributed by atoms with van der Waals surface area (Å²) in [7, 11) is -0.585. The molecule has 2 aromatic carbocycles. The predicted octanol–water partition coefficient (Wildman–Crippen LogP) is 3.93. The van der Waals surface area contributed by atoms with Crippen LogP contribution >= 0.6 is 0 Å². The summed E-state index contributed by atoms with van der Waals surface area (Å²) in [6, 6.07) is 13.3. The molecule has 28 heavy (non-hydrogen) atoms. The first-order valence-electron chi connectivity index (χ1n) is 9.70. The highest BCUT2D eigenvalue weighted by atomic mass is 32.2. The summed E-state index contributed by atoms with van der Waals surface area (Å²) >= 11 is 0. The summed E-state index contributed by atoms with van der Waals surface area (Å²) in [4.78, 5) is 4.43. The zero-order valence-corrected chi connectivity index (χ0v) is 17.9. The molecular formula is C21H26N2O3S2. The fourth-order valence-electron chi connectivity index (χ4n) is 4.33. The van der Waals surface area contributed by atoms with E-state index < -0.39 is 21.6 Å². The highest BCUT2D eigenvalue weighted by Crippen LogP contribution is 2.43. The molecule has 0 N–H and O–H groups in total. The Morgan fingerprint density at radius 2 is 1.93 bits per heavy atom. The first-order chi connectivity index (χ1) is 13.4. The molecule has 2 aliphatic rings. The van der Waals surface area contributed by atoms with Crippen LogP contribution in [0, 0.1) is 5.21 Å². The normalized spacial score (nSPS) is 27.8. The molecule has 0 aliphatic carbocycles. The number of hydrogen-bond acceptors (Lipinski definition) is 4. The van der Waals surface area contributed by atoms with Gasteiger partial charge in [0, 0.05) is 34.9 Å². The minimum atomic E-state index is -1.26. The van der Waals surface area contributed by atoms with E-state index in [1.54, 1.807) is 19.4 Å². The summed E-state index contributed by atoms with van der Waals surface area (Å²) in [6.45, 7) is 1.36. The van der Waals surface area contributed by atoms with E-state index in [4.69, 9.17) is 0 Å². The number of anilines is 2. The Labute approximate surface area is 171 Å². The van der Waals surface area contributed by atoms with Crippen LogP contribution in [0.2, 0.25) is 0 Å². The van der Waals surface area contributed by atoms with E-state index in [-0.39, 0.29) is 10.7 Å². The fraction of sp³-hybridized carbons (Fsp3) is 0.429. The Morgan fingerprint density at radius 3 is 2.68 bits per heavy atom. The summed E-state index contributed by atoms with van der Waals surface area (Å²) in [5.41, 5.74) is 1.77. The molecule has 1 fully saturated rings. The van der Waals surface area contributed by atoms with Crippen molar-refractivity contribution in [2.75, 3.05) is 31.3 Å². The first-order valence-corrected chi connectivity index (χ1v) is 12.4. The third-order valence-electron chi connectivity index (χ3n) is 5.96. The first kappa shape index (κ1) is 19.8. The van der Waals surface area contributed by atoms with Crippen molar-refractivity contribution in [1.29, 1.82) is 0 Å². The molecule has 0 radical (unpaired) electrons. The van der Waals surface area contributed by atoms with Gasteiger partial charge in [0.2, 0.25) is 0 Å². The van der Waals surface area contributed by atoms with Gasteiger partial charge in [-0.15, -0.1) is 0 Å². The zero-order valence-electron chi connectivity index (χ0n) is 16.3. The number of quaternary nitrogens is 1. The molecule has 2 aromatic rings. The Kier molecular flexibility index (Phi) is 5.44. The van der Waals surface area contributed by atoms with Gasteiger partial charge in [-0.1, -0.05) is 12.1 Å². The number of benzene rings is 2. The van der Waals surface area contributed by atoms with E-state index >= 15 is 0 Å². The van der Waals surface area contributed by atoms with Crippen LogP contribution in [0.1, 0.15) is 25.7 Å². The van der Waals surface area contributed by atoms with Crippen molar-refractivity contribution in [3.05, 3.63) is 47.7 Å². The largest absolute Gasteiger partial charge is 0.633 e. The SMILES string of the molecule is CS(=O)c1ccc2c(c1)N(CCC1CCCC[N+]1(C)[O-])c1ccccc1S2=O. The van der Waals surface area contributed by atoms with Gasteiger partial charge in [-0.25, -0.2) is 4.21 Å². The summed E-state index contributed by atoms with van der Waals surface area (Å²) in [5, 5.41) is 12.8. The van der Waals surface area contributed by atoms with Crippen molar-refractivity contribution >= 4 is 33.0 Å². The van der Waals surface area contributed by atoms with Gasteiger partial charge >= 0.3 is 0 Å². The molecule has 0 aromatic heterocycles. The zero-order chi connectivity index (χ0) is 19.9. The van der Waals surface area contributed by atoms with Gasteiger partial charge in [0.25, 0.3) is 0 Å². The van der Waals surface area contributed by atoms with Crippen LogP contribution in [0.3, 0.4) is 0 Å². The third kappa shape index (κ3) is 3.56. The molecular weight excluding hydrogens is 392 g/mol. The third-order valence-corrected chi connectivity index (χ3v) is 8.36. The average Bonchev–Trinajstić information content (AvgIpc) is 2.68. The summed E-state index contributed by atoms with van der Waals surface area (Å²) in [5.74, 6) is 0. The van der Waals surface area contributed by atoms with Crippen LogP contribution in [-0.4, -0.2) is 45.5 Å². The van der Waals surface area contributed by atoms with Gasteiger partial charge in [0.1, 0.15) is 0 Å². The molecule has 2 heterocycles. The standard InChI is InChI=1S/C21H26N2O3S2/c1-23(24)14-6-5-7-16(23)12-13-22-18-8-3-4-9-20(18)28(26)21-11-10-17(27(2)25)15-19(21)22/h3-4,8-11,15-16H,5-7,12-14H2,1-2H3. The molecule has 2 aliphatic heterocycles. The number of nitrogens with zero attached hydrogens (tertiary/aromatic N) is 2. The maximum absolute atomic E-state index is 13.1. The van der Waals surface area contributed by atoms with Crippen molar-refractivity contribution in [3.8, 4) is 0 Å². The van der Waals surface area contributed by atoms with Crippen LogP contribution in [0.25, 0.3) is 0 Å². The van der Waals surface area contributed by atoms with Crippen molar-refractivity contribution in [1.82, 2.24) is 0 Å². The van der Waals surface area contributed by atoms with Gasteiger partial charge in [-0.2, -0.15) is 0 Å². The van der Waals surface area contributed by atoms with Crippen LogP contribution in [-0.2, 0) is 21.6 Å². The second-order valence-electron chi connectivity index (χ2n) is 7.81. The average molecular weight is 419 g/mol. The topological polar surface area (TPSA) is 60.4 Å². The van der Waals surface area contributed by atoms with Crippen LogP contribution in [0.4, 0.5) is 11.4 Å². The summed E-state index contributed by atoms with van der Waals surface area (Å²) < 4.78 is 25.0. The van der Waals surface area contributed by atoms with Crippen molar-refractivity contribution < 1.29 is 13.1 Å². The maximum Gasteiger partial charge on any atom is 0.0902 e. The predicted molar refractivity (Wildman–Crippen MR) is 114 cm³/mol. The van der Waals surface area contributed by atoms with Crippen molar-refractivity contribution in [2.24, 2.45) is 0 Å². The lowest BCUT2D eigenvalue weighted by atomic mass is 9.99. The molecule has 0 spiro atoms. The van der Waals surface area contributed by atoms with E-state index in [0.717, 1.165) is 51.7 Å². The van der Waals surface area contributed by atoms with Gasteiger partial charge in [-0.3, -0.25) is 4.21 Å². The van der Waals surface area contributed by atoms with Gasteiger partial charge in [0.15, 0.2) is 0 Å². The molecule has 4 atom stereocenters. The van der Waals surface area contributed by atoms with E-state index in [0.29, 0.717) is 13.1 Å². The van der Waals surface area contributed by atoms with Crippen LogP contribution in [0.15, 0.2) is 57.2 Å². The second-order valence-corrected chi connectivity index (χ2v) is 10.6. The number of para-hydroxylation sites is 1. The van der Waals surface area contributed by atoms with E-state index in [9.17, 15) is 13.6 Å². The molecule has 0 bridgehead atoms. The number of rotatable bonds is 4. The smallest absolute Gasteiger partial charge is 0.0902 e. The number of likely N-dealkylation sites (tertiary alicyclic amines) is 1. The van der Waals surface area contributed by atoms with Crippen molar-refractivity contribution in [2.45, 2.75) is 46.4 Å². The van der Waals surface area contributed by atoms with Gasteiger partial charge in [0.05, 0.1) is 51.6 Å². The highest BCUT2D eigenvalue weighted by molar-refractivity contribution is 7.85. The fourth-order valence-corrected chi connectivity index (χ4v) is 6.22. The number of hydroxylamine groups is 3. The molecule has 1 saturated heterocycles. The monoisotopic (exact) mass is 418 g/mol. The molecule has 5 nitrogen and oxygen atoms in total. The number of piperidine rings is 1. The molecule has 4 rings (SSSR count). The Hall–Kier alpha value is -1.54. The molecule has 0 amide bonds. The second kappa shape index (κ2) is 7.71. The molecule has 0 saturated carbocycles. The van der Waals surface area contributed by atoms with E-state index in [1.165, 1.54) is 0 Å². The van der Waals surface area contributed by atoms with Crippen molar-refractivity contribution in [3.63, 3.8) is 0 Å². The Balaban J connectivity index is 1.72. The van der Waals surface area contributed by atoms with Gasteiger partial charge < -0.3 is 14.8 Å².